The summed E-state index contributed by atoms with van der Waals surface area (Å²) in [5.74, 6) is 1.77. The number of sulfonamides is 1. The summed E-state index contributed by atoms with van der Waals surface area (Å²) in [6, 6.07) is 17.5. The van der Waals surface area contributed by atoms with Crippen LogP contribution in [0.15, 0.2) is 71.9 Å². The van der Waals surface area contributed by atoms with E-state index in [1.54, 1.807) is 12.1 Å². The van der Waals surface area contributed by atoms with Crippen LogP contribution in [-0.4, -0.2) is 18.4 Å². The summed E-state index contributed by atoms with van der Waals surface area (Å²) in [4.78, 5) is 8.58. The highest BCUT2D eigenvalue weighted by molar-refractivity contribution is 7.89. The number of hydrogen-bond acceptors (Lipinski definition) is 5. The molecule has 1 fully saturated rings. The average molecular weight is 381 g/mol. The predicted molar refractivity (Wildman–Crippen MR) is 101 cm³/mol. The van der Waals surface area contributed by atoms with E-state index in [1.807, 2.05) is 36.4 Å². The third kappa shape index (κ3) is 4.50. The second-order valence-corrected chi connectivity index (χ2v) is 8.19. The summed E-state index contributed by atoms with van der Waals surface area (Å²) in [6.45, 7) is 0.132. The van der Waals surface area contributed by atoms with E-state index < -0.39 is 10.0 Å². The Labute approximate surface area is 158 Å². The van der Waals surface area contributed by atoms with Crippen molar-refractivity contribution in [1.82, 2.24) is 14.7 Å². The quantitative estimate of drug-likeness (QED) is 0.676. The van der Waals surface area contributed by atoms with Gasteiger partial charge in [0, 0.05) is 11.6 Å². The van der Waals surface area contributed by atoms with E-state index in [9.17, 15) is 8.42 Å². The second kappa shape index (κ2) is 7.46. The van der Waals surface area contributed by atoms with E-state index in [2.05, 4.69) is 14.7 Å². The zero-order valence-corrected chi connectivity index (χ0v) is 15.4. The molecule has 0 unspecified atom stereocenters. The smallest absolute Gasteiger partial charge is 0.240 e. The number of para-hydroxylation sites is 1. The van der Waals surface area contributed by atoms with Crippen molar-refractivity contribution in [2.75, 3.05) is 0 Å². The fraction of sp³-hybridized carbons (Fsp3) is 0.200. The number of ether oxygens (including phenoxy) is 1. The minimum Gasteiger partial charge on any atom is -0.457 e. The van der Waals surface area contributed by atoms with Crippen LogP contribution in [0.5, 0.6) is 11.5 Å². The van der Waals surface area contributed by atoms with Crippen LogP contribution in [0.2, 0.25) is 0 Å². The van der Waals surface area contributed by atoms with Gasteiger partial charge >= 0.3 is 0 Å². The summed E-state index contributed by atoms with van der Waals surface area (Å²) in [5.41, 5.74) is 1.65. The molecule has 0 bridgehead atoms. The molecule has 0 spiro atoms. The first-order valence-electron chi connectivity index (χ1n) is 8.74. The van der Waals surface area contributed by atoms with Crippen LogP contribution in [0.3, 0.4) is 0 Å². The van der Waals surface area contributed by atoms with Gasteiger partial charge in [0.1, 0.15) is 17.8 Å². The van der Waals surface area contributed by atoms with E-state index in [-0.39, 0.29) is 11.4 Å². The SMILES string of the molecule is O=S(=O)(NCc1cc(C2CC2)ncn1)c1ccc(Oc2ccccc2)cc1. The largest absolute Gasteiger partial charge is 0.457 e. The van der Waals surface area contributed by atoms with Crippen molar-refractivity contribution in [1.29, 1.82) is 0 Å². The first-order chi connectivity index (χ1) is 13.1. The van der Waals surface area contributed by atoms with Gasteiger partial charge in [-0.1, -0.05) is 18.2 Å². The lowest BCUT2D eigenvalue weighted by Crippen LogP contribution is -2.23. The Morgan fingerprint density at radius 1 is 0.963 bits per heavy atom. The van der Waals surface area contributed by atoms with E-state index in [0.29, 0.717) is 23.1 Å². The summed E-state index contributed by atoms with van der Waals surface area (Å²) in [6.07, 6.45) is 3.77. The molecule has 1 saturated carbocycles. The molecule has 0 radical (unpaired) electrons. The molecule has 0 atom stereocenters. The Balaban J connectivity index is 1.41. The molecule has 0 amide bonds. The normalized spacial score (nSPS) is 14.1. The van der Waals surface area contributed by atoms with Crippen LogP contribution in [0, 0.1) is 0 Å². The molecule has 0 aliphatic heterocycles. The number of nitrogens with zero attached hydrogens (tertiary/aromatic N) is 2. The third-order valence-corrected chi connectivity index (χ3v) is 5.71. The van der Waals surface area contributed by atoms with Crippen molar-refractivity contribution in [2.24, 2.45) is 0 Å². The maximum Gasteiger partial charge on any atom is 0.240 e. The Morgan fingerprint density at radius 2 is 1.67 bits per heavy atom. The van der Waals surface area contributed by atoms with Gasteiger partial charge in [0.25, 0.3) is 0 Å². The van der Waals surface area contributed by atoms with Crippen molar-refractivity contribution in [3.63, 3.8) is 0 Å². The van der Waals surface area contributed by atoms with Crippen molar-refractivity contribution in [3.8, 4) is 11.5 Å². The molecule has 1 heterocycles. The van der Waals surface area contributed by atoms with Crippen LogP contribution in [0.4, 0.5) is 0 Å². The zero-order valence-electron chi connectivity index (χ0n) is 14.6. The van der Waals surface area contributed by atoms with Crippen molar-refractivity contribution in [3.05, 3.63) is 78.4 Å². The van der Waals surface area contributed by atoms with Crippen LogP contribution >= 0.6 is 0 Å². The van der Waals surface area contributed by atoms with Crippen molar-refractivity contribution in [2.45, 2.75) is 30.2 Å². The summed E-state index contributed by atoms with van der Waals surface area (Å²) in [5, 5.41) is 0. The van der Waals surface area contributed by atoms with Gasteiger partial charge in [0.05, 0.1) is 17.1 Å². The van der Waals surface area contributed by atoms with E-state index in [0.717, 1.165) is 18.5 Å². The molecule has 138 valence electrons. The first kappa shape index (κ1) is 17.6. The number of benzene rings is 2. The average Bonchev–Trinajstić information content (AvgIpc) is 3.53. The molecule has 27 heavy (non-hydrogen) atoms. The number of nitrogens with one attached hydrogen (secondary N) is 1. The van der Waals surface area contributed by atoms with Gasteiger partial charge in [-0.25, -0.2) is 23.1 Å². The molecule has 1 aliphatic rings. The number of hydrogen-bond donors (Lipinski definition) is 1. The van der Waals surface area contributed by atoms with Crippen LogP contribution < -0.4 is 9.46 Å². The topological polar surface area (TPSA) is 81.2 Å². The van der Waals surface area contributed by atoms with Crippen LogP contribution in [-0.2, 0) is 16.6 Å². The Hall–Kier alpha value is -2.77. The highest BCUT2D eigenvalue weighted by Gasteiger charge is 2.25. The Kier molecular flexibility index (Phi) is 4.87. The molecule has 4 rings (SSSR count). The molecule has 1 aliphatic carbocycles. The fourth-order valence-electron chi connectivity index (χ4n) is 2.68. The molecule has 0 saturated heterocycles. The highest BCUT2D eigenvalue weighted by Crippen LogP contribution is 2.38. The van der Waals surface area contributed by atoms with Gasteiger partial charge in [-0.2, -0.15) is 0 Å². The molecule has 7 heteroatoms. The number of rotatable bonds is 7. The molecule has 1 N–H and O–H groups in total. The monoisotopic (exact) mass is 381 g/mol. The van der Waals surface area contributed by atoms with Gasteiger partial charge in [0.2, 0.25) is 10.0 Å². The number of aromatic nitrogens is 2. The maximum absolute atomic E-state index is 12.5. The molecular formula is C20H19N3O3S. The standard InChI is InChI=1S/C20H19N3O3S/c24-27(25,23-13-16-12-20(15-6-7-15)22-14-21-16)19-10-8-18(9-11-19)26-17-4-2-1-3-5-17/h1-5,8-12,14-15,23H,6-7,13H2. The van der Waals surface area contributed by atoms with Crippen molar-refractivity contribution >= 4 is 10.0 Å². The molecule has 6 nitrogen and oxygen atoms in total. The van der Waals surface area contributed by atoms with Crippen LogP contribution in [0.1, 0.15) is 30.1 Å². The lowest BCUT2D eigenvalue weighted by molar-refractivity contribution is 0.482. The lowest BCUT2D eigenvalue weighted by atomic mass is 10.2. The second-order valence-electron chi connectivity index (χ2n) is 6.42. The molecule has 3 aromatic rings. The lowest BCUT2D eigenvalue weighted by Gasteiger charge is -2.09. The Bertz CT molecular complexity index is 1020. The van der Waals surface area contributed by atoms with E-state index in [1.165, 1.54) is 18.5 Å². The van der Waals surface area contributed by atoms with Gasteiger partial charge in [0.15, 0.2) is 0 Å². The minimum atomic E-state index is -3.63. The maximum atomic E-state index is 12.5. The summed E-state index contributed by atoms with van der Waals surface area (Å²) in [7, 11) is -3.63. The van der Waals surface area contributed by atoms with Gasteiger partial charge in [-0.05, 0) is 55.3 Å². The molecular weight excluding hydrogens is 362 g/mol. The highest BCUT2D eigenvalue weighted by atomic mass is 32.2. The van der Waals surface area contributed by atoms with Gasteiger partial charge in [-0.15, -0.1) is 0 Å². The van der Waals surface area contributed by atoms with Gasteiger partial charge in [-0.3, -0.25) is 0 Å². The zero-order chi connectivity index (χ0) is 18.7. The summed E-state index contributed by atoms with van der Waals surface area (Å²) < 4.78 is 33.3. The Morgan fingerprint density at radius 3 is 2.37 bits per heavy atom. The van der Waals surface area contributed by atoms with E-state index in [4.69, 9.17) is 4.74 Å². The predicted octanol–water partition coefficient (Wildman–Crippen LogP) is 3.62. The van der Waals surface area contributed by atoms with Gasteiger partial charge < -0.3 is 4.74 Å². The van der Waals surface area contributed by atoms with E-state index >= 15 is 0 Å². The first-order valence-corrected chi connectivity index (χ1v) is 10.2. The summed E-state index contributed by atoms with van der Waals surface area (Å²) >= 11 is 0. The van der Waals surface area contributed by atoms with Crippen molar-refractivity contribution < 1.29 is 13.2 Å². The molecule has 1 aromatic heterocycles. The fourth-order valence-corrected chi connectivity index (χ4v) is 3.68. The van der Waals surface area contributed by atoms with Crippen LogP contribution in [0.25, 0.3) is 0 Å². The minimum absolute atomic E-state index is 0.132. The third-order valence-electron chi connectivity index (χ3n) is 4.30. The molecule has 2 aromatic carbocycles.